The summed E-state index contributed by atoms with van der Waals surface area (Å²) in [6.07, 6.45) is 3.49. The van der Waals surface area contributed by atoms with E-state index in [9.17, 15) is 26.8 Å². The molecule has 1 amide bonds. The highest BCUT2D eigenvalue weighted by molar-refractivity contribution is 7.92. The van der Waals surface area contributed by atoms with Gasteiger partial charge in [-0.1, -0.05) is 6.07 Å². The largest absolute Gasteiger partial charge is 0.455 e. The van der Waals surface area contributed by atoms with Gasteiger partial charge >= 0.3 is 0 Å². The van der Waals surface area contributed by atoms with Gasteiger partial charge in [-0.2, -0.15) is 0 Å². The van der Waals surface area contributed by atoms with Crippen LogP contribution in [0, 0.1) is 11.6 Å². The number of hydrogen-bond acceptors (Lipinski definition) is 7. The molecule has 0 atom stereocenters. The molecule has 0 radical (unpaired) electrons. The van der Waals surface area contributed by atoms with Gasteiger partial charge in [0.25, 0.3) is 11.5 Å². The lowest BCUT2D eigenvalue weighted by Gasteiger charge is -2.21. The first-order chi connectivity index (χ1) is 21.4. The summed E-state index contributed by atoms with van der Waals surface area (Å²) in [6, 6.07) is 16.3. The lowest BCUT2D eigenvalue weighted by Crippen LogP contribution is -2.25. The summed E-state index contributed by atoms with van der Waals surface area (Å²) in [5.74, 6) is -1.22. The molecule has 6 aromatic rings. The summed E-state index contributed by atoms with van der Waals surface area (Å²) in [5.41, 5.74) is 2.55. The maximum absolute atomic E-state index is 13.7. The number of furan rings is 1. The zero-order valence-electron chi connectivity index (χ0n) is 24.2. The number of carbonyl (C=O) groups excluding carboxylic acids is 1. The number of pyridine rings is 1. The summed E-state index contributed by atoms with van der Waals surface area (Å²) >= 11 is 0. The maximum atomic E-state index is 13.7. The van der Waals surface area contributed by atoms with Crippen molar-refractivity contribution in [1.82, 2.24) is 19.9 Å². The molecule has 3 aromatic heterocycles. The average Bonchev–Trinajstić information content (AvgIpc) is 3.40. The first-order valence-corrected chi connectivity index (χ1v) is 15.4. The van der Waals surface area contributed by atoms with Crippen LogP contribution in [0.3, 0.4) is 0 Å². The lowest BCUT2D eigenvalue weighted by atomic mass is 9.97. The third-order valence-electron chi connectivity index (χ3n) is 7.46. The Labute approximate surface area is 255 Å². The number of halogens is 2. The molecular weight excluding hydrogens is 604 g/mol. The van der Waals surface area contributed by atoms with Crippen molar-refractivity contribution in [2.24, 2.45) is 0 Å². The first-order valence-electron chi connectivity index (χ1n) is 13.6. The molecule has 6 rings (SSSR count). The predicted octanol–water partition coefficient (Wildman–Crippen LogP) is 4.95. The van der Waals surface area contributed by atoms with E-state index >= 15 is 0 Å². The fourth-order valence-electron chi connectivity index (χ4n) is 5.07. The van der Waals surface area contributed by atoms with E-state index in [0.717, 1.165) is 16.8 Å². The molecule has 0 bridgehead atoms. The van der Waals surface area contributed by atoms with Gasteiger partial charge in [0.1, 0.15) is 23.0 Å². The number of carbonyl (C=O) groups is 1. The fourth-order valence-corrected chi connectivity index (χ4v) is 5.58. The van der Waals surface area contributed by atoms with E-state index < -0.39 is 27.6 Å². The van der Waals surface area contributed by atoms with Gasteiger partial charge in [0, 0.05) is 36.7 Å². The van der Waals surface area contributed by atoms with E-state index in [1.54, 1.807) is 24.3 Å². The Bertz CT molecular complexity index is 2280. The van der Waals surface area contributed by atoms with Crippen molar-refractivity contribution >= 4 is 43.5 Å². The first kappa shape index (κ1) is 29.6. The molecule has 0 saturated carbocycles. The number of aromatic nitrogens is 3. The summed E-state index contributed by atoms with van der Waals surface area (Å²) < 4.78 is 60.9. The number of hydrogen-bond donors (Lipinski definition) is 1. The van der Waals surface area contributed by atoms with Crippen LogP contribution in [0.25, 0.3) is 44.3 Å². The summed E-state index contributed by atoms with van der Waals surface area (Å²) in [7, 11) is -0.889. The standard InChI is InChI=1S/C32H25F2N5O5S/c1-35-31(40)29-25-13-24(27(38(2)45(3,42)43)14-28(25)44-30(29)18-4-7-20(33)8-5-18)19-6-11-23-26(12-19)37-17-39(32(23)41)16-22-10-9-21(34)15-36-22/h4-15,17H,16H2,1-3H3,(H,35,40). The van der Waals surface area contributed by atoms with Crippen molar-refractivity contribution in [1.29, 1.82) is 0 Å². The van der Waals surface area contributed by atoms with Gasteiger partial charge in [-0.15, -0.1) is 0 Å². The minimum absolute atomic E-state index is 0.0862. The van der Waals surface area contributed by atoms with Crippen LogP contribution in [-0.2, 0) is 16.6 Å². The molecular formula is C32H25F2N5O5S. The van der Waals surface area contributed by atoms with Gasteiger partial charge in [-0.05, 0) is 60.2 Å². The van der Waals surface area contributed by atoms with Crippen molar-refractivity contribution < 1.29 is 26.4 Å². The molecule has 1 N–H and O–H groups in total. The molecule has 228 valence electrons. The Kier molecular flexibility index (Phi) is 7.41. The lowest BCUT2D eigenvalue weighted by molar-refractivity contribution is 0.0964. The van der Waals surface area contributed by atoms with Gasteiger partial charge in [0.05, 0.1) is 53.2 Å². The van der Waals surface area contributed by atoms with E-state index in [-0.39, 0.29) is 34.7 Å². The van der Waals surface area contributed by atoms with E-state index in [1.165, 1.54) is 67.5 Å². The number of nitrogens with zero attached hydrogens (tertiary/aromatic N) is 4. The number of anilines is 1. The Balaban J connectivity index is 1.54. The van der Waals surface area contributed by atoms with E-state index in [4.69, 9.17) is 4.42 Å². The highest BCUT2D eigenvalue weighted by atomic mass is 32.2. The molecule has 13 heteroatoms. The van der Waals surface area contributed by atoms with Crippen molar-refractivity contribution in [3.05, 3.63) is 112 Å². The van der Waals surface area contributed by atoms with Crippen molar-refractivity contribution in [2.75, 3.05) is 24.7 Å². The third kappa shape index (κ3) is 5.53. The minimum Gasteiger partial charge on any atom is -0.455 e. The Hall–Kier alpha value is -5.43. The van der Waals surface area contributed by atoms with Crippen molar-refractivity contribution in [2.45, 2.75) is 6.54 Å². The number of amides is 1. The molecule has 0 saturated heterocycles. The quantitative estimate of drug-likeness (QED) is 0.265. The molecule has 3 heterocycles. The van der Waals surface area contributed by atoms with Gasteiger partial charge < -0.3 is 9.73 Å². The van der Waals surface area contributed by atoms with Crippen LogP contribution in [0.1, 0.15) is 16.1 Å². The van der Waals surface area contributed by atoms with Gasteiger partial charge in [-0.3, -0.25) is 23.4 Å². The van der Waals surface area contributed by atoms with Crippen LogP contribution in [-0.4, -0.2) is 49.2 Å². The minimum atomic E-state index is -3.75. The van der Waals surface area contributed by atoms with Crippen LogP contribution in [0.15, 0.2) is 88.5 Å². The number of fused-ring (bicyclic) bond motifs is 2. The Morgan fingerprint density at radius 1 is 0.956 bits per heavy atom. The second kappa shape index (κ2) is 11.2. The molecule has 0 spiro atoms. The SMILES string of the molecule is CNC(=O)c1c(-c2ccc(F)cc2)oc2cc(N(C)S(C)(=O)=O)c(-c3ccc4c(=O)n(Cc5ccc(F)cn5)cnc4c3)cc12. The zero-order valence-corrected chi connectivity index (χ0v) is 25.0. The van der Waals surface area contributed by atoms with E-state index in [2.05, 4.69) is 15.3 Å². The topological polar surface area (TPSA) is 127 Å². The van der Waals surface area contributed by atoms with Gasteiger partial charge in [0.2, 0.25) is 10.0 Å². The van der Waals surface area contributed by atoms with Crippen molar-refractivity contribution in [3.63, 3.8) is 0 Å². The smallest absolute Gasteiger partial charge is 0.261 e. The number of sulfonamides is 1. The molecule has 3 aromatic carbocycles. The fraction of sp³-hybridized carbons (Fsp3) is 0.125. The molecule has 45 heavy (non-hydrogen) atoms. The maximum Gasteiger partial charge on any atom is 0.261 e. The van der Waals surface area contributed by atoms with Crippen molar-refractivity contribution in [3.8, 4) is 22.5 Å². The molecule has 0 fully saturated rings. The van der Waals surface area contributed by atoms with Crippen LogP contribution in [0.4, 0.5) is 14.5 Å². The summed E-state index contributed by atoms with van der Waals surface area (Å²) in [4.78, 5) is 34.9. The monoisotopic (exact) mass is 629 g/mol. The third-order valence-corrected chi connectivity index (χ3v) is 8.65. The number of nitrogens with one attached hydrogen (secondary N) is 1. The van der Waals surface area contributed by atoms with Gasteiger partial charge in [-0.25, -0.2) is 22.2 Å². The van der Waals surface area contributed by atoms with Crippen LogP contribution < -0.4 is 15.2 Å². The number of benzene rings is 3. The summed E-state index contributed by atoms with van der Waals surface area (Å²) in [6.45, 7) is 0.0862. The molecule has 0 aliphatic rings. The second-order valence-electron chi connectivity index (χ2n) is 10.4. The Morgan fingerprint density at radius 2 is 1.67 bits per heavy atom. The highest BCUT2D eigenvalue weighted by Crippen LogP contribution is 2.41. The normalized spacial score (nSPS) is 11.7. The highest BCUT2D eigenvalue weighted by Gasteiger charge is 2.26. The van der Waals surface area contributed by atoms with Crippen LogP contribution >= 0.6 is 0 Å². The predicted molar refractivity (Wildman–Crippen MR) is 167 cm³/mol. The molecule has 0 unspecified atom stereocenters. The Morgan fingerprint density at radius 3 is 2.33 bits per heavy atom. The van der Waals surface area contributed by atoms with E-state index in [0.29, 0.717) is 38.7 Å². The number of rotatable bonds is 7. The van der Waals surface area contributed by atoms with E-state index in [1.807, 2.05) is 0 Å². The second-order valence-corrected chi connectivity index (χ2v) is 12.4. The molecule has 0 aliphatic carbocycles. The zero-order chi connectivity index (χ0) is 32.0. The molecule has 0 aliphatic heterocycles. The molecule has 10 nitrogen and oxygen atoms in total. The van der Waals surface area contributed by atoms with Gasteiger partial charge in [0.15, 0.2) is 0 Å². The average molecular weight is 630 g/mol. The van der Waals surface area contributed by atoms with Crippen LogP contribution in [0.5, 0.6) is 0 Å². The summed E-state index contributed by atoms with van der Waals surface area (Å²) in [5, 5.41) is 3.30. The van der Waals surface area contributed by atoms with Crippen LogP contribution in [0.2, 0.25) is 0 Å².